The Labute approximate surface area is 62.6 Å². The van der Waals surface area contributed by atoms with Gasteiger partial charge in [-0.05, 0) is 21.0 Å². The Morgan fingerprint density at radius 1 is 1.40 bits per heavy atom. The molecule has 0 aromatic rings. The van der Waals surface area contributed by atoms with E-state index in [1.165, 1.54) is 0 Å². The Morgan fingerprint density at radius 2 is 1.90 bits per heavy atom. The number of nitrogens with zero attached hydrogens (tertiary/aromatic N) is 2. The van der Waals surface area contributed by atoms with E-state index in [1.807, 2.05) is 14.1 Å². The largest absolute Gasteiger partial charge is 0.347 e. The summed E-state index contributed by atoms with van der Waals surface area (Å²) in [6.45, 7) is 2.87. The van der Waals surface area contributed by atoms with E-state index in [4.69, 9.17) is 0 Å². The highest BCUT2D eigenvalue weighted by Crippen LogP contribution is 1.91. The number of amides is 1. The molecule has 3 nitrogen and oxygen atoms in total. The van der Waals surface area contributed by atoms with Crippen molar-refractivity contribution in [3.63, 3.8) is 0 Å². The van der Waals surface area contributed by atoms with Crippen LogP contribution in [0.3, 0.4) is 0 Å². The van der Waals surface area contributed by atoms with Crippen molar-refractivity contribution in [2.24, 2.45) is 0 Å². The molecule has 0 aliphatic carbocycles. The zero-order valence-electron chi connectivity index (χ0n) is 7.16. The summed E-state index contributed by atoms with van der Waals surface area (Å²) in [5, 5.41) is 0. The van der Waals surface area contributed by atoms with Gasteiger partial charge in [0.25, 0.3) is 0 Å². The zero-order valence-corrected chi connectivity index (χ0v) is 7.16. The highest BCUT2D eigenvalue weighted by Gasteiger charge is 2.05. The van der Waals surface area contributed by atoms with Gasteiger partial charge in [-0.15, -0.1) is 0 Å². The van der Waals surface area contributed by atoms with Gasteiger partial charge in [0.1, 0.15) is 0 Å². The molecule has 60 valence electrons. The van der Waals surface area contributed by atoms with Crippen LogP contribution in [0.2, 0.25) is 0 Å². The summed E-state index contributed by atoms with van der Waals surface area (Å²) in [7, 11) is 5.79. The van der Waals surface area contributed by atoms with E-state index >= 15 is 0 Å². The first-order valence-corrected chi connectivity index (χ1v) is 3.40. The quantitative estimate of drug-likeness (QED) is 0.519. The molecule has 0 aliphatic heterocycles. The van der Waals surface area contributed by atoms with Crippen LogP contribution in [0.15, 0.2) is 0 Å². The number of carbonyl (C=O) groups excluding carboxylic acids is 1. The molecular formula is C7H16N2O. The molecule has 0 aliphatic rings. The lowest BCUT2D eigenvalue weighted by Gasteiger charge is -2.23. The molecule has 1 amide bonds. The second-order valence-corrected chi connectivity index (χ2v) is 2.86. The maximum atomic E-state index is 10.2. The first-order chi connectivity index (χ1) is 4.57. The SMILES string of the molecule is CC(CN(C)C=O)N(C)C. The Kier molecular flexibility index (Phi) is 4.03. The highest BCUT2D eigenvalue weighted by atomic mass is 16.1. The monoisotopic (exact) mass is 144 g/mol. The van der Waals surface area contributed by atoms with Crippen LogP contribution >= 0.6 is 0 Å². The smallest absolute Gasteiger partial charge is 0.209 e. The molecule has 0 aromatic heterocycles. The molecule has 0 fully saturated rings. The van der Waals surface area contributed by atoms with Crippen molar-refractivity contribution in [1.29, 1.82) is 0 Å². The molecule has 0 rings (SSSR count). The second-order valence-electron chi connectivity index (χ2n) is 2.86. The van der Waals surface area contributed by atoms with Gasteiger partial charge in [0.05, 0.1) is 0 Å². The van der Waals surface area contributed by atoms with E-state index in [1.54, 1.807) is 11.9 Å². The van der Waals surface area contributed by atoms with Crippen molar-refractivity contribution in [1.82, 2.24) is 9.80 Å². The van der Waals surface area contributed by atoms with Gasteiger partial charge in [-0.3, -0.25) is 4.79 Å². The van der Waals surface area contributed by atoms with Gasteiger partial charge in [-0.2, -0.15) is 0 Å². The fourth-order valence-electron chi connectivity index (χ4n) is 0.623. The van der Waals surface area contributed by atoms with Gasteiger partial charge >= 0.3 is 0 Å². The molecule has 0 heterocycles. The fraction of sp³-hybridized carbons (Fsp3) is 0.857. The lowest BCUT2D eigenvalue weighted by molar-refractivity contribution is -0.117. The molecule has 0 radical (unpaired) electrons. The second kappa shape index (κ2) is 4.28. The zero-order chi connectivity index (χ0) is 8.15. The summed E-state index contributed by atoms with van der Waals surface area (Å²) >= 11 is 0. The topological polar surface area (TPSA) is 23.6 Å². The van der Waals surface area contributed by atoms with Crippen LogP contribution in [0.5, 0.6) is 0 Å². The number of carbonyl (C=O) groups is 1. The first-order valence-electron chi connectivity index (χ1n) is 3.40. The molecule has 0 saturated carbocycles. The lowest BCUT2D eigenvalue weighted by Crippen LogP contribution is -2.35. The summed E-state index contributed by atoms with van der Waals surface area (Å²) in [5.74, 6) is 0. The average Bonchev–Trinajstić information content (AvgIpc) is 1.87. The summed E-state index contributed by atoms with van der Waals surface area (Å²) in [6, 6.07) is 0.426. The highest BCUT2D eigenvalue weighted by molar-refractivity contribution is 5.46. The number of likely N-dealkylation sites (N-methyl/N-ethyl adjacent to an activating group) is 2. The van der Waals surface area contributed by atoms with Crippen LogP contribution in [0.1, 0.15) is 6.92 Å². The Morgan fingerprint density at radius 3 is 2.20 bits per heavy atom. The van der Waals surface area contributed by atoms with E-state index in [0.717, 1.165) is 13.0 Å². The van der Waals surface area contributed by atoms with Crippen molar-refractivity contribution in [2.75, 3.05) is 27.7 Å². The molecule has 1 atom stereocenters. The Balaban J connectivity index is 3.56. The molecule has 0 saturated heterocycles. The average molecular weight is 144 g/mol. The predicted octanol–water partition coefficient (Wildman–Crippen LogP) is 0.0247. The first kappa shape index (κ1) is 9.43. The predicted molar refractivity (Wildman–Crippen MR) is 41.8 cm³/mol. The molecule has 1 unspecified atom stereocenters. The van der Waals surface area contributed by atoms with Gasteiger partial charge in [-0.1, -0.05) is 0 Å². The third-order valence-electron chi connectivity index (χ3n) is 1.61. The van der Waals surface area contributed by atoms with Gasteiger partial charge in [0, 0.05) is 19.6 Å². The summed E-state index contributed by atoms with van der Waals surface area (Å²) < 4.78 is 0. The van der Waals surface area contributed by atoms with E-state index < -0.39 is 0 Å². The number of hydrogen-bond donors (Lipinski definition) is 0. The number of hydrogen-bond acceptors (Lipinski definition) is 2. The van der Waals surface area contributed by atoms with E-state index in [-0.39, 0.29) is 0 Å². The van der Waals surface area contributed by atoms with Gasteiger partial charge in [0.2, 0.25) is 6.41 Å². The van der Waals surface area contributed by atoms with E-state index in [2.05, 4.69) is 11.8 Å². The van der Waals surface area contributed by atoms with Crippen molar-refractivity contribution >= 4 is 6.41 Å². The molecule has 10 heavy (non-hydrogen) atoms. The van der Waals surface area contributed by atoms with E-state index in [0.29, 0.717) is 6.04 Å². The van der Waals surface area contributed by atoms with Crippen LogP contribution in [-0.2, 0) is 4.79 Å². The van der Waals surface area contributed by atoms with Gasteiger partial charge in [-0.25, -0.2) is 0 Å². The lowest BCUT2D eigenvalue weighted by atomic mass is 10.3. The maximum absolute atomic E-state index is 10.2. The van der Waals surface area contributed by atoms with Gasteiger partial charge in [0.15, 0.2) is 0 Å². The van der Waals surface area contributed by atoms with Gasteiger partial charge < -0.3 is 9.80 Å². The van der Waals surface area contributed by atoms with Crippen LogP contribution in [0, 0.1) is 0 Å². The fourth-order valence-corrected chi connectivity index (χ4v) is 0.623. The molecular weight excluding hydrogens is 128 g/mol. The molecule has 0 aromatic carbocycles. The minimum absolute atomic E-state index is 0.426. The summed E-state index contributed by atoms with van der Waals surface area (Å²) in [4.78, 5) is 13.9. The minimum atomic E-state index is 0.426. The van der Waals surface area contributed by atoms with Crippen molar-refractivity contribution in [3.8, 4) is 0 Å². The number of rotatable bonds is 4. The van der Waals surface area contributed by atoms with Crippen LogP contribution in [0.25, 0.3) is 0 Å². The molecule has 3 heteroatoms. The summed E-state index contributed by atoms with van der Waals surface area (Å²) in [6.07, 6.45) is 0.847. The van der Waals surface area contributed by atoms with Crippen molar-refractivity contribution in [3.05, 3.63) is 0 Å². The molecule has 0 bridgehead atoms. The normalized spacial score (nSPS) is 13.3. The van der Waals surface area contributed by atoms with E-state index in [9.17, 15) is 4.79 Å². The van der Waals surface area contributed by atoms with Crippen molar-refractivity contribution in [2.45, 2.75) is 13.0 Å². The standard InChI is InChI=1S/C7H16N2O/c1-7(8(2)3)5-9(4)6-10/h6-7H,5H2,1-4H3. The van der Waals surface area contributed by atoms with Crippen LogP contribution in [-0.4, -0.2) is 49.9 Å². The minimum Gasteiger partial charge on any atom is -0.347 e. The molecule has 0 N–H and O–H groups in total. The molecule has 0 spiro atoms. The van der Waals surface area contributed by atoms with Crippen molar-refractivity contribution < 1.29 is 4.79 Å². The Bertz CT molecular complexity index is 104. The third kappa shape index (κ3) is 3.45. The third-order valence-corrected chi connectivity index (χ3v) is 1.61. The Hall–Kier alpha value is -0.570. The maximum Gasteiger partial charge on any atom is 0.209 e. The van der Waals surface area contributed by atoms with Crippen LogP contribution < -0.4 is 0 Å². The van der Waals surface area contributed by atoms with Crippen LogP contribution in [0.4, 0.5) is 0 Å². The summed E-state index contributed by atoms with van der Waals surface area (Å²) in [5.41, 5.74) is 0.